The monoisotopic (exact) mass is 448 g/mol. The zero-order valence-electron chi connectivity index (χ0n) is 14.7. The normalized spacial score (nSPS) is 11.9. The third-order valence-corrected chi connectivity index (χ3v) is 5.94. The van der Waals surface area contributed by atoms with E-state index in [1.165, 1.54) is 23.1 Å². The van der Waals surface area contributed by atoms with Crippen LogP contribution in [0.2, 0.25) is 5.02 Å². The van der Waals surface area contributed by atoms with E-state index in [0.29, 0.717) is 37.2 Å². The van der Waals surface area contributed by atoms with Crippen LogP contribution in [0.5, 0.6) is 11.5 Å². The maximum Gasteiger partial charge on any atom is 0.257 e. The number of ether oxygens (including phenoxy) is 2. The van der Waals surface area contributed by atoms with Crippen molar-refractivity contribution in [3.05, 3.63) is 53.1 Å². The number of hydrogen-bond acceptors (Lipinski definition) is 8. The summed E-state index contributed by atoms with van der Waals surface area (Å²) in [5, 5.41) is 14.3. The largest absolute Gasteiger partial charge is 0.454 e. The Morgan fingerprint density at radius 1 is 1.07 bits per heavy atom. The van der Waals surface area contributed by atoms with Crippen molar-refractivity contribution in [2.24, 2.45) is 0 Å². The number of thioether (sulfide) groups is 1. The Kier molecular flexibility index (Phi) is 5.84. The SMILES string of the molecule is O=C(CSc1nnc(NC(=O)c2ccc3c(c2)OCO3)s1)Nc1ccc(Cl)cc1. The van der Waals surface area contributed by atoms with Gasteiger partial charge in [0, 0.05) is 16.3 Å². The van der Waals surface area contributed by atoms with Crippen molar-refractivity contribution in [1.82, 2.24) is 10.2 Å². The highest BCUT2D eigenvalue weighted by Crippen LogP contribution is 2.33. The van der Waals surface area contributed by atoms with Crippen LogP contribution in [0.1, 0.15) is 10.4 Å². The summed E-state index contributed by atoms with van der Waals surface area (Å²) in [5.41, 5.74) is 1.08. The molecule has 0 saturated heterocycles. The number of rotatable bonds is 6. The van der Waals surface area contributed by atoms with Crippen molar-refractivity contribution >= 4 is 57.3 Å². The molecule has 0 aliphatic carbocycles. The highest BCUT2D eigenvalue weighted by atomic mass is 35.5. The molecule has 11 heteroatoms. The quantitative estimate of drug-likeness (QED) is 0.435. The van der Waals surface area contributed by atoms with Crippen LogP contribution in [-0.4, -0.2) is 34.6 Å². The molecule has 8 nitrogen and oxygen atoms in total. The van der Waals surface area contributed by atoms with Gasteiger partial charge >= 0.3 is 0 Å². The minimum absolute atomic E-state index is 0.142. The van der Waals surface area contributed by atoms with Gasteiger partial charge in [-0.2, -0.15) is 0 Å². The summed E-state index contributed by atoms with van der Waals surface area (Å²) in [5.74, 6) is 0.772. The molecule has 0 bridgehead atoms. The van der Waals surface area contributed by atoms with Crippen molar-refractivity contribution in [3.63, 3.8) is 0 Å². The van der Waals surface area contributed by atoms with E-state index in [-0.39, 0.29) is 24.4 Å². The first-order valence-electron chi connectivity index (χ1n) is 8.29. The highest BCUT2D eigenvalue weighted by molar-refractivity contribution is 8.01. The fourth-order valence-electron chi connectivity index (χ4n) is 2.38. The number of benzene rings is 2. The van der Waals surface area contributed by atoms with Crippen molar-refractivity contribution in [3.8, 4) is 11.5 Å². The number of amides is 2. The predicted molar refractivity (Wildman–Crippen MR) is 111 cm³/mol. The number of hydrogen-bond donors (Lipinski definition) is 2. The Hall–Kier alpha value is -2.82. The van der Waals surface area contributed by atoms with E-state index in [4.69, 9.17) is 21.1 Å². The highest BCUT2D eigenvalue weighted by Gasteiger charge is 2.17. The molecule has 29 heavy (non-hydrogen) atoms. The molecule has 0 atom stereocenters. The standard InChI is InChI=1S/C18H13ClN4O4S2/c19-11-2-4-12(5-3-11)20-15(24)8-28-18-23-22-17(29-18)21-16(25)10-1-6-13-14(7-10)27-9-26-13/h1-7H,8-9H2,(H,20,24)(H,21,22,25). The molecule has 2 amide bonds. The van der Waals surface area contributed by atoms with Gasteiger partial charge in [-0.15, -0.1) is 10.2 Å². The number of fused-ring (bicyclic) bond motifs is 1. The van der Waals surface area contributed by atoms with Crippen LogP contribution in [0.25, 0.3) is 0 Å². The number of nitrogens with zero attached hydrogens (tertiary/aromatic N) is 2. The first kappa shape index (κ1) is 19.5. The smallest absolute Gasteiger partial charge is 0.257 e. The van der Waals surface area contributed by atoms with Crippen molar-refractivity contribution in [2.75, 3.05) is 23.2 Å². The van der Waals surface area contributed by atoms with Crippen LogP contribution in [0.15, 0.2) is 46.8 Å². The molecule has 0 spiro atoms. The van der Waals surface area contributed by atoms with Gasteiger partial charge in [0.05, 0.1) is 5.75 Å². The van der Waals surface area contributed by atoms with E-state index >= 15 is 0 Å². The van der Waals surface area contributed by atoms with E-state index in [1.54, 1.807) is 42.5 Å². The van der Waals surface area contributed by atoms with E-state index < -0.39 is 0 Å². The van der Waals surface area contributed by atoms with Crippen LogP contribution < -0.4 is 20.1 Å². The number of anilines is 2. The Labute approximate surface area is 178 Å². The van der Waals surface area contributed by atoms with Crippen LogP contribution in [0, 0.1) is 0 Å². The summed E-state index contributed by atoms with van der Waals surface area (Å²) < 4.78 is 11.1. The Morgan fingerprint density at radius 2 is 1.86 bits per heavy atom. The van der Waals surface area contributed by atoms with E-state index in [9.17, 15) is 9.59 Å². The second-order valence-electron chi connectivity index (χ2n) is 5.74. The summed E-state index contributed by atoms with van der Waals surface area (Å²) in [4.78, 5) is 24.4. The number of carbonyl (C=O) groups excluding carboxylic acids is 2. The molecule has 3 aromatic rings. The van der Waals surface area contributed by atoms with Crippen LogP contribution in [0.3, 0.4) is 0 Å². The lowest BCUT2D eigenvalue weighted by Crippen LogP contribution is -2.13. The average Bonchev–Trinajstić information content (AvgIpc) is 3.36. The average molecular weight is 449 g/mol. The van der Waals surface area contributed by atoms with Gasteiger partial charge in [-0.3, -0.25) is 14.9 Å². The van der Waals surface area contributed by atoms with E-state index in [1.807, 2.05) is 0 Å². The van der Waals surface area contributed by atoms with Crippen LogP contribution in [-0.2, 0) is 4.79 Å². The second kappa shape index (κ2) is 8.68. The van der Waals surface area contributed by atoms with Crippen LogP contribution >= 0.6 is 34.7 Å². The van der Waals surface area contributed by atoms with Gasteiger partial charge in [0.25, 0.3) is 5.91 Å². The van der Waals surface area contributed by atoms with Gasteiger partial charge in [-0.25, -0.2) is 0 Å². The Balaban J connectivity index is 1.29. The van der Waals surface area contributed by atoms with Gasteiger partial charge in [0.1, 0.15) is 0 Å². The molecule has 0 unspecified atom stereocenters. The molecule has 148 valence electrons. The molecule has 2 N–H and O–H groups in total. The molecule has 1 aromatic heterocycles. The summed E-state index contributed by atoms with van der Waals surface area (Å²) in [6, 6.07) is 11.8. The molecule has 2 aromatic carbocycles. The predicted octanol–water partition coefficient (Wildman–Crippen LogP) is 3.90. The minimum atomic E-state index is -0.337. The van der Waals surface area contributed by atoms with Gasteiger partial charge in [-0.05, 0) is 42.5 Å². The lowest BCUT2D eigenvalue weighted by atomic mass is 10.2. The molecular formula is C18H13ClN4O4S2. The number of aromatic nitrogens is 2. The molecule has 4 rings (SSSR count). The fourth-order valence-corrected chi connectivity index (χ4v) is 4.06. The summed E-state index contributed by atoms with van der Waals surface area (Å²) in [7, 11) is 0. The minimum Gasteiger partial charge on any atom is -0.454 e. The fraction of sp³-hybridized carbons (Fsp3) is 0.111. The molecule has 2 heterocycles. The summed E-state index contributed by atoms with van der Waals surface area (Å²) in [6.07, 6.45) is 0. The molecule has 0 fully saturated rings. The molecule has 0 radical (unpaired) electrons. The number of nitrogens with one attached hydrogen (secondary N) is 2. The van der Waals surface area contributed by atoms with Gasteiger partial charge in [-0.1, -0.05) is 34.7 Å². The van der Waals surface area contributed by atoms with E-state index in [0.717, 1.165) is 0 Å². The molecule has 1 aliphatic heterocycles. The first-order valence-corrected chi connectivity index (χ1v) is 10.5. The third kappa shape index (κ3) is 4.97. The molecule has 1 aliphatic rings. The zero-order valence-corrected chi connectivity index (χ0v) is 17.1. The lowest BCUT2D eigenvalue weighted by Gasteiger charge is -2.03. The van der Waals surface area contributed by atoms with Gasteiger partial charge in [0.15, 0.2) is 15.8 Å². The Bertz CT molecular complexity index is 1060. The summed E-state index contributed by atoms with van der Waals surface area (Å²) in [6.45, 7) is 0.142. The number of halogens is 1. The molecule has 0 saturated carbocycles. The molecular weight excluding hydrogens is 436 g/mol. The van der Waals surface area contributed by atoms with Gasteiger partial charge < -0.3 is 14.8 Å². The first-order chi connectivity index (χ1) is 14.1. The second-order valence-corrected chi connectivity index (χ2v) is 8.38. The number of carbonyl (C=O) groups is 2. The maximum absolute atomic E-state index is 12.4. The van der Waals surface area contributed by atoms with E-state index in [2.05, 4.69) is 20.8 Å². The third-order valence-electron chi connectivity index (χ3n) is 3.72. The Morgan fingerprint density at radius 3 is 2.69 bits per heavy atom. The van der Waals surface area contributed by atoms with Gasteiger partial charge in [0.2, 0.25) is 17.8 Å². The topological polar surface area (TPSA) is 102 Å². The van der Waals surface area contributed by atoms with Crippen LogP contribution in [0.4, 0.5) is 10.8 Å². The van der Waals surface area contributed by atoms with Crippen molar-refractivity contribution in [1.29, 1.82) is 0 Å². The zero-order chi connectivity index (χ0) is 20.2. The maximum atomic E-state index is 12.4. The summed E-state index contributed by atoms with van der Waals surface area (Å²) >= 11 is 8.24. The lowest BCUT2D eigenvalue weighted by molar-refractivity contribution is -0.113. The van der Waals surface area contributed by atoms with Crippen molar-refractivity contribution < 1.29 is 19.1 Å². The van der Waals surface area contributed by atoms with Crippen molar-refractivity contribution in [2.45, 2.75) is 4.34 Å².